The lowest BCUT2D eigenvalue weighted by Crippen LogP contribution is -2.34. The van der Waals surface area contributed by atoms with Gasteiger partial charge >= 0.3 is 0 Å². The molecule has 0 radical (unpaired) electrons. The van der Waals surface area contributed by atoms with E-state index in [1.165, 1.54) is 4.31 Å². The van der Waals surface area contributed by atoms with E-state index in [-0.39, 0.29) is 18.9 Å². The van der Waals surface area contributed by atoms with Crippen molar-refractivity contribution in [1.29, 1.82) is 0 Å². The molecule has 0 atom stereocenters. The maximum Gasteiger partial charge on any atom is 0.232 e. The van der Waals surface area contributed by atoms with E-state index in [1.54, 1.807) is 42.6 Å². The Morgan fingerprint density at radius 2 is 2.04 bits per heavy atom. The molecule has 0 spiro atoms. The zero-order valence-electron chi connectivity index (χ0n) is 13.1. The van der Waals surface area contributed by atoms with Crippen LogP contribution in [0.4, 0.5) is 5.69 Å². The molecule has 0 aliphatic rings. The number of benzene rings is 1. The largest absolute Gasteiger partial charge is 0.350 e. The van der Waals surface area contributed by atoms with Gasteiger partial charge in [0.2, 0.25) is 15.9 Å². The standard InChI is InChI=1S/C16H18ClN3O3S/c1-24(22,23)20(15-7-4-5-13(17)11-15)10-8-16(21)19-12-14-6-2-3-9-18-14/h2-7,9,11H,8,10,12H2,1H3,(H,19,21). The third-order valence-electron chi connectivity index (χ3n) is 3.23. The number of amides is 1. The number of rotatable bonds is 7. The van der Waals surface area contributed by atoms with Crippen LogP contribution in [0.15, 0.2) is 48.7 Å². The number of halogens is 1. The summed E-state index contributed by atoms with van der Waals surface area (Å²) in [7, 11) is -3.52. The maximum absolute atomic E-state index is 12.0. The van der Waals surface area contributed by atoms with E-state index in [9.17, 15) is 13.2 Å². The molecule has 1 amide bonds. The van der Waals surface area contributed by atoms with Gasteiger partial charge in [0.05, 0.1) is 24.2 Å². The molecule has 0 bridgehead atoms. The van der Waals surface area contributed by atoms with Crippen molar-refractivity contribution in [3.63, 3.8) is 0 Å². The molecule has 1 aromatic carbocycles. The molecule has 1 aromatic heterocycles. The highest BCUT2D eigenvalue weighted by Gasteiger charge is 2.18. The Morgan fingerprint density at radius 3 is 2.67 bits per heavy atom. The first kappa shape index (κ1) is 18.2. The van der Waals surface area contributed by atoms with E-state index in [1.807, 2.05) is 6.07 Å². The Morgan fingerprint density at radius 1 is 1.25 bits per heavy atom. The minimum atomic E-state index is -3.52. The van der Waals surface area contributed by atoms with Gasteiger partial charge in [-0.1, -0.05) is 23.7 Å². The lowest BCUT2D eigenvalue weighted by Gasteiger charge is -2.22. The van der Waals surface area contributed by atoms with Gasteiger partial charge in [0.1, 0.15) is 0 Å². The highest BCUT2D eigenvalue weighted by atomic mass is 35.5. The SMILES string of the molecule is CS(=O)(=O)N(CCC(=O)NCc1ccccn1)c1cccc(Cl)c1. The van der Waals surface area contributed by atoms with Crippen LogP contribution in [0.25, 0.3) is 0 Å². The summed E-state index contributed by atoms with van der Waals surface area (Å²) in [6, 6.07) is 11.9. The summed E-state index contributed by atoms with van der Waals surface area (Å²) in [5.41, 5.74) is 1.17. The van der Waals surface area contributed by atoms with Gasteiger partial charge in [-0.05, 0) is 30.3 Å². The molecule has 0 saturated heterocycles. The first-order chi connectivity index (χ1) is 11.4. The molecular formula is C16H18ClN3O3S. The molecule has 0 unspecified atom stereocenters. The number of nitrogens with zero attached hydrogens (tertiary/aromatic N) is 2. The Hall–Kier alpha value is -2.12. The van der Waals surface area contributed by atoms with Gasteiger partial charge in [0, 0.05) is 24.2 Å². The van der Waals surface area contributed by atoms with Crippen LogP contribution in [0.1, 0.15) is 12.1 Å². The number of nitrogens with one attached hydrogen (secondary N) is 1. The molecule has 0 aliphatic carbocycles. The van der Waals surface area contributed by atoms with Crippen LogP contribution >= 0.6 is 11.6 Å². The monoisotopic (exact) mass is 367 g/mol. The fourth-order valence-electron chi connectivity index (χ4n) is 2.10. The van der Waals surface area contributed by atoms with Crippen LogP contribution in [-0.2, 0) is 21.4 Å². The summed E-state index contributed by atoms with van der Waals surface area (Å²) in [5, 5.41) is 3.15. The summed E-state index contributed by atoms with van der Waals surface area (Å²) >= 11 is 5.91. The van der Waals surface area contributed by atoms with E-state index in [0.717, 1.165) is 11.9 Å². The molecular weight excluding hydrogens is 350 g/mol. The molecule has 8 heteroatoms. The predicted molar refractivity (Wildman–Crippen MR) is 94.3 cm³/mol. The van der Waals surface area contributed by atoms with Gasteiger partial charge in [-0.15, -0.1) is 0 Å². The number of aromatic nitrogens is 1. The molecule has 1 N–H and O–H groups in total. The van der Waals surface area contributed by atoms with Gasteiger partial charge in [-0.25, -0.2) is 8.42 Å². The van der Waals surface area contributed by atoms with Gasteiger partial charge in [0.25, 0.3) is 0 Å². The van der Waals surface area contributed by atoms with Gasteiger partial charge in [-0.2, -0.15) is 0 Å². The highest BCUT2D eigenvalue weighted by molar-refractivity contribution is 7.92. The molecule has 6 nitrogen and oxygen atoms in total. The summed E-state index contributed by atoms with van der Waals surface area (Å²) in [5.74, 6) is -0.253. The van der Waals surface area contributed by atoms with Crippen LogP contribution in [-0.4, -0.2) is 32.1 Å². The summed E-state index contributed by atoms with van der Waals surface area (Å²) in [6.07, 6.45) is 2.78. The van der Waals surface area contributed by atoms with Crippen molar-refractivity contribution in [2.75, 3.05) is 17.1 Å². The number of hydrogen-bond acceptors (Lipinski definition) is 4. The summed E-state index contributed by atoms with van der Waals surface area (Å²) in [6.45, 7) is 0.336. The van der Waals surface area contributed by atoms with E-state index in [4.69, 9.17) is 11.6 Å². The summed E-state index contributed by atoms with van der Waals surface area (Å²) in [4.78, 5) is 16.1. The van der Waals surface area contributed by atoms with Crippen molar-refractivity contribution in [3.8, 4) is 0 Å². The van der Waals surface area contributed by atoms with Gasteiger partial charge in [-0.3, -0.25) is 14.1 Å². The van der Waals surface area contributed by atoms with Crippen LogP contribution in [0, 0.1) is 0 Å². The smallest absolute Gasteiger partial charge is 0.232 e. The van der Waals surface area contributed by atoms with Gasteiger partial charge < -0.3 is 5.32 Å². The fraction of sp³-hybridized carbons (Fsp3) is 0.250. The second-order valence-corrected chi connectivity index (χ2v) is 7.51. The Bertz CT molecular complexity index is 797. The quantitative estimate of drug-likeness (QED) is 0.813. The second kappa shape index (κ2) is 8.12. The van der Waals surface area contributed by atoms with Crippen molar-refractivity contribution in [2.45, 2.75) is 13.0 Å². The van der Waals surface area contributed by atoms with Crippen molar-refractivity contribution in [2.24, 2.45) is 0 Å². The van der Waals surface area contributed by atoms with E-state index < -0.39 is 10.0 Å². The van der Waals surface area contributed by atoms with E-state index >= 15 is 0 Å². The van der Waals surface area contributed by atoms with Crippen LogP contribution in [0.5, 0.6) is 0 Å². The molecule has 0 fully saturated rings. The average Bonchev–Trinajstić information content (AvgIpc) is 2.53. The summed E-state index contributed by atoms with van der Waals surface area (Å²) < 4.78 is 25.1. The third kappa shape index (κ3) is 5.50. The normalized spacial score (nSPS) is 11.1. The first-order valence-electron chi connectivity index (χ1n) is 7.26. The zero-order valence-corrected chi connectivity index (χ0v) is 14.7. The molecule has 0 saturated carbocycles. The zero-order chi connectivity index (χ0) is 17.6. The molecule has 1 heterocycles. The van der Waals surface area contributed by atoms with E-state index in [0.29, 0.717) is 17.3 Å². The minimum Gasteiger partial charge on any atom is -0.350 e. The highest BCUT2D eigenvalue weighted by Crippen LogP contribution is 2.21. The number of carbonyl (C=O) groups excluding carboxylic acids is 1. The fourth-order valence-corrected chi connectivity index (χ4v) is 3.20. The second-order valence-electron chi connectivity index (χ2n) is 5.16. The topological polar surface area (TPSA) is 79.4 Å². The number of sulfonamides is 1. The van der Waals surface area contributed by atoms with E-state index in [2.05, 4.69) is 10.3 Å². The van der Waals surface area contributed by atoms with Crippen molar-refractivity contribution in [3.05, 3.63) is 59.4 Å². The number of hydrogen-bond donors (Lipinski definition) is 1. The van der Waals surface area contributed by atoms with Crippen molar-refractivity contribution < 1.29 is 13.2 Å². The third-order valence-corrected chi connectivity index (χ3v) is 4.66. The van der Waals surface area contributed by atoms with Crippen LogP contribution in [0.2, 0.25) is 5.02 Å². The average molecular weight is 368 g/mol. The minimum absolute atomic E-state index is 0.0341. The van der Waals surface area contributed by atoms with Crippen LogP contribution in [0.3, 0.4) is 0 Å². The molecule has 2 rings (SSSR count). The van der Waals surface area contributed by atoms with Crippen molar-refractivity contribution in [1.82, 2.24) is 10.3 Å². The first-order valence-corrected chi connectivity index (χ1v) is 9.49. The van der Waals surface area contributed by atoms with Crippen LogP contribution < -0.4 is 9.62 Å². The maximum atomic E-state index is 12.0. The number of pyridine rings is 1. The molecule has 0 aliphatic heterocycles. The Labute approximate surface area is 146 Å². The lowest BCUT2D eigenvalue weighted by atomic mass is 10.3. The number of anilines is 1. The van der Waals surface area contributed by atoms with Gasteiger partial charge in [0.15, 0.2) is 0 Å². The molecule has 24 heavy (non-hydrogen) atoms. The Balaban J connectivity index is 1.97. The van der Waals surface area contributed by atoms with Crippen molar-refractivity contribution >= 4 is 33.2 Å². The predicted octanol–water partition coefficient (Wildman–Crippen LogP) is 2.21. The molecule has 128 valence electrons. The molecule has 2 aromatic rings. The Kier molecular flexibility index (Phi) is 6.16. The lowest BCUT2D eigenvalue weighted by molar-refractivity contribution is -0.121. The number of carbonyl (C=O) groups is 1.